The Bertz CT molecular complexity index is 393. The first-order valence-corrected chi connectivity index (χ1v) is 6.29. The highest BCUT2D eigenvalue weighted by atomic mass is 16.3. The fourth-order valence-corrected chi connectivity index (χ4v) is 2.10. The molecule has 1 aromatic heterocycles. The van der Waals surface area contributed by atoms with Crippen molar-refractivity contribution >= 4 is 5.95 Å². The molecule has 0 fully saturated rings. The maximum Gasteiger partial charge on any atom is 0.230 e. The molecule has 0 spiro atoms. The van der Waals surface area contributed by atoms with Gasteiger partial charge in [-0.1, -0.05) is 13.8 Å². The summed E-state index contributed by atoms with van der Waals surface area (Å²) in [7, 11) is 0. The van der Waals surface area contributed by atoms with E-state index in [1.807, 2.05) is 17.3 Å². The minimum atomic E-state index is 0.162. The second-order valence-electron chi connectivity index (χ2n) is 4.94. The summed E-state index contributed by atoms with van der Waals surface area (Å²) in [6.45, 7) is 5.20. The third-order valence-corrected chi connectivity index (χ3v) is 2.99. The molecule has 2 rings (SSSR count). The highest BCUT2D eigenvalue weighted by Crippen LogP contribution is 2.19. The van der Waals surface area contributed by atoms with Crippen LogP contribution >= 0.6 is 0 Å². The number of hydrogen-bond donors (Lipinski definition) is 1. The van der Waals surface area contributed by atoms with Crippen LogP contribution in [0.4, 0.5) is 5.95 Å². The van der Waals surface area contributed by atoms with Gasteiger partial charge in [0.1, 0.15) is 0 Å². The van der Waals surface area contributed by atoms with E-state index in [2.05, 4.69) is 28.7 Å². The molecule has 0 radical (unpaired) electrons. The first-order chi connectivity index (χ1) is 8.70. The second kappa shape index (κ2) is 5.82. The van der Waals surface area contributed by atoms with Crippen LogP contribution in [-0.2, 0) is 0 Å². The summed E-state index contributed by atoms with van der Waals surface area (Å²) in [6, 6.07) is 1.96. The molecule has 0 aliphatic carbocycles. The fraction of sp³-hybridized carbons (Fsp3) is 0.538. The van der Waals surface area contributed by atoms with Crippen molar-refractivity contribution in [2.24, 2.45) is 5.92 Å². The molecular formula is C13H20N4O. The smallest absolute Gasteiger partial charge is 0.230 e. The quantitative estimate of drug-likeness (QED) is 0.854. The lowest BCUT2D eigenvalue weighted by atomic mass is 10.0. The average Bonchev–Trinajstić information content (AvgIpc) is 2.86. The lowest BCUT2D eigenvalue weighted by molar-refractivity contribution is 0.153. The van der Waals surface area contributed by atoms with Crippen LogP contribution in [-0.4, -0.2) is 39.3 Å². The molecule has 1 N–H and O–H groups in total. The van der Waals surface area contributed by atoms with Crippen LogP contribution < -0.4 is 4.90 Å². The summed E-state index contributed by atoms with van der Waals surface area (Å²) in [4.78, 5) is 12.5. The largest absolute Gasteiger partial charge is 0.394 e. The Morgan fingerprint density at radius 1 is 1.28 bits per heavy atom. The highest BCUT2D eigenvalue weighted by molar-refractivity contribution is 5.35. The van der Waals surface area contributed by atoms with Gasteiger partial charge in [-0.25, -0.2) is 9.97 Å². The zero-order chi connectivity index (χ0) is 13.0. The van der Waals surface area contributed by atoms with Gasteiger partial charge in [0, 0.05) is 24.8 Å². The van der Waals surface area contributed by atoms with Gasteiger partial charge in [-0.15, -0.1) is 0 Å². The van der Waals surface area contributed by atoms with Gasteiger partial charge in [0.25, 0.3) is 0 Å². The van der Waals surface area contributed by atoms with E-state index in [0.29, 0.717) is 18.5 Å². The highest BCUT2D eigenvalue weighted by Gasteiger charge is 2.22. The molecule has 1 aliphatic heterocycles. The number of rotatable bonds is 5. The predicted molar refractivity (Wildman–Crippen MR) is 70.7 cm³/mol. The van der Waals surface area contributed by atoms with Gasteiger partial charge in [-0.2, -0.15) is 0 Å². The third-order valence-electron chi connectivity index (χ3n) is 2.99. The van der Waals surface area contributed by atoms with Crippen LogP contribution in [0, 0.1) is 5.92 Å². The summed E-state index contributed by atoms with van der Waals surface area (Å²) in [5, 5.41) is 9.47. The van der Waals surface area contributed by atoms with Gasteiger partial charge >= 0.3 is 0 Å². The Morgan fingerprint density at radius 2 is 2.00 bits per heavy atom. The number of nitrogens with zero attached hydrogens (tertiary/aromatic N) is 4. The zero-order valence-corrected chi connectivity index (χ0v) is 10.9. The second-order valence-corrected chi connectivity index (χ2v) is 4.94. The van der Waals surface area contributed by atoms with Crippen LogP contribution in [0.5, 0.6) is 0 Å². The normalized spacial score (nSPS) is 16.7. The number of aromatic nitrogens is 2. The lowest BCUT2D eigenvalue weighted by Crippen LogP contribution is -2.37. The molecular weight excluding hydrogens is 228 g/mol. The van der Waals surface area contributed by atoms with Crippen molar-refractivity contribution in [2.75, 3.05) is 18.2 Å². The average molecular weight is 248 g/mol. The fourth-order valence-electron chi connectivity index (χ4n) is 2.10. The molecule has 1 aliphatic rings. The van der Waals surface area contributed by atoms with Crippen molar-refractivity contribution in [3.8, 4) is 0 Å². The van der Waals surface area contributed by atoms with E-state index >= 15 is 0 Å². The molecule has 0 saturated carbocycles. The number of hydrogen-bond acceptors (Lipinski definition) is 5. The van der Waals surface area contributed by atoms with Crippen LogP contribution in [0.15, 0.2) is 30.9 Å². The molecule has 1 atom stereocenters. The van der Waals surface area contributed by atoms with Crippen molar-refractivity contribution < 1.29 is 5.11 Å². The molecule has 0 bridgehead atoms. The number of anilines is 1. The van der Waals surface area contributed by atoms with Crippen molar-refractivity contribution in [1.82, 2.24) is 14.9 Å². The molecule has 2 heterocycles. The molecule has 1 aromatic rings. The molecule has 98 valence electrons. The van der Waals surface area contributed by atoms with Crippen molar-refractivity contribution in [3.05, 3.63) is 30.9 Å². The van der Waals surface area contributed by atoms with Gasteiger partial charge in [-0.3, -0.25) is 4.90 Å². The summed E-state index contributed by atoms with van der Waals surface area (Å²) in [6.07, 6.45) is 8.40. The first-order valence-electron chi connectivity index (χ1n) is 6.29. The predicted octanol–water partition coefficient (Wildman–Crippen LogP) is 1.43. The van der Waals surface area contributed by atoms with Gasteiger partial charge in [-0.05, 0) is 18.4 Å². The van der Waals surface area contributed by atoms with Crippen LogP contribution in [0.2, 0.25) is 0 Å². The van der Waals surface area contributed by atoms with Crippen LogP contribution in [0.25, 0.3) is 0 Å². The monoisotopic (exact) mass is 248 g/mol. The maximum absolute atomic E-state index is 9.47. The van der Waals surface area contributed by atoms with Crippen molar-refractivity contribution in [3.63, 3.8) is 0 Å². The first kappa shape index (κ1) is 12.8. The Labute approximate surface area is 108 Å². The lowest BCUT2D eigenvalue weighted by Gasteiger charge is -2.28. The van der Waals surface area contributed by atoms with Crippen LogP contribution in [0.1, 0.15) is 20.3 Å². The summed E-state index contributed by atoms with van der Waals surface area (Å²) in [5.41, 5.74) is 0. The molecule has 1 unspecified atom stereocenters. The number of aliphatic hydroxyl groups excluding tert-OH is 1. The van der Waals surface area contributed by atoms with Crippen molar-refractivity contribution in [1.29, 1.82) is 0 Å². The van der Waals surface area contributed by atoms with E-state index in [0.717, 1.165) is 6.42 Å². The summed E-state index contributed by atoms with van der Waals surface area (Å²) in [5.74, 6) is 1.26. The molecule has 5 heteroatoms. The van der Waals surface area contributed by atoms with E-state index in [-0.39, 0.29) is 12.6 Å². The van der Waals surface area contributed by atoms with E-state index in [1.165, 1.54) is 0 Å². The Balaban J connectivity index is 1.98. The molecule has 0 aromatic carbocycles. The van der Waals surface area contributed by atoms with Crippen LogP contribution in [0.3, 0.4) is 0 Å². The number of aliphatic hydroxyl groups is 1. The van der Waals surface area contributed by atoms with Gasteiger partial charge < -0.3 is 10.0 Å². The van der Waals surface area contributed by atoms with E-state index in [1.54, 1.807) is 18.5 Å². The molecule has 0 amide bonds. The van der Waals surface area contributed by atoms with Crippen molar-refractivity contribution in [2.45, 2.75) is 26.3 Å². The van der Waals surface area contributed by atoms with Gasteiger partial charge in [0.15, 0.2) is 0 Å². The minimum absolute atomic E-state index is 0.162. The van der Waals surface area contributed by atoms with E-state index < -0.39 is 0 Å². The molecule has 0 saturated heterocycles. The van der Waals surface area contributed by atoms with E-state index in [4.69, 9.17) is 0 Å². The van der Waals surface area contributed by atoms with Gasteiger partial charge in [0.05, 0.1) is 19.3 Å². The standard InChI is InChI=1S/C13H20N4O/c1-11(2)8-12(9-18)16-6-7-17(10-16)13-14-4-3-5-15-13/h3-7,11-12,18H,8-10H2,1-2H3. The zero-order valence-electron chi connectivity index (χ0n) is 10.9. The topological polar surface area (TPSA) is 52.5 Å². The Morgan fingerprint density at radius 3 is 2.61 bits per heavy atom. The Kier molecular flexibility index (Phi) is 4.15. The SMILES string of the molecule is CC(C)CC(CO)N1C=CN(c2ncccn2)C1. The maximum atomic E-state index is 9.47. The Hall–Kier alpha value is -1.62. The third kappa shape index (κ3) is 2.98. The van der Waals surface area contributed by atoms with Gasteiger partial charge in [0.2, 0.25) is 5.95 Å². The summed E-state index contributed by atoms with van der Waals surface area (Å²) >= 11 is 0. The van der Waals surface area contributed by atoms with E-state index in [9.17, 15) is 5.11 Å². The molecule has 18 heavy (non-hydrogen) atoms. The molecule has 5 nitrogen and oxygen atoms in total. The minimum Gasteiger partial charge on any atom is -0.394 e. The summed E-state index contributed by atoms with van der Waals surface area (Å²) < 4.78 is 0.